The summed E-state index contributed by atoms with van der Waals surface area (Å²) < 4.78 is 19.4. The SMILES string of the molecule is CCC1[C@@H]2[C@@H](C#C[C@@](C)(O[Si](C)(C)C(C)(C)C)C3CCCC3)[C@H](O)CC[C@@H]2C12OCCO2. The highest BCUT2D eigenvalue weighted by molar-refractivity contribution is 6.74. The molecule has 5 heteroatoms. The van der Waals surface area contributed by atoms with Gasteiger partial charge in [0.2, 0.25) is 0 Å². The maximum absolute atomic E-state index is 11.0. The van der Waals surface area contributed by atoms with Gasteiger partial charge in [-0.3, -0.25) is 0 Å². The molecule has 0 aromatic carbocycles. The van der Waals surface area contributed by atoms with Crippen LogP contribution >= 0.6 is 0 Å². The Morgan fingerprint density at radius 1 is 1.03 bits per heavy atom. The predicted molar refractivity (Wildman–Crippen MR) is 131 cm³/mol. The molecule has 4 fully saturated rings. The van der Waals surface area contributed by atoms with Gasteiger partial charge in [-0.2, -0.15) is 0 Å². The summed E-state index contributed by atoms with van der Waals surface area (Å²) in [6.45, 7) is 17.4. The van der Waals surface area contributed by atoms with Gasteiger partial charge in [-0.05, 0) is 69.0 Å². The van der Waals surface area contributed by atoms with Crippen LogP contribution in [0.15, 0.2) is 0 Å². The Morgan fingerprint density at radius 3 is 2.22 bits per heavy atom. The van der Waals surface area contributed by atoms with Crippen molar-refractivity contribution in [2.45, 2.75) is 115 Å². The summed E-state index contributed by atoms with van der Waals surface area (Å²) in [6.07, 6.45) is 7.34. The van der Waals surface area contributed by atoms with E-state index in [1.807, 2.05) is 0 Å². The Kier molecular flexibility index (Phi) is 6.71. The van der Waals surface area contributed by atoms with E-state index >= 15 is 0 Å². The first-order valence-corrected chi connectivity index (χ1v) is 16.0. The molecule has 0 bridgehead atoms. The highest BCUT2D eigenvalue weighted by Crippen LogP contribution is 2.62. The Hall–Kier alpha value is -0.383. The zero-order chi connectivity index (χ0) is 23.4. The zero-order valence-corrected chi connectivity index (χ0v) is 22.5. The van der Waals surface area contributed by atoms with E-state index in [-0.39, 0.29) is 17.1 Å². The van der Waals surface area contributed by atoms with Crippen LogP contribution in [0.1, 0.15) is 79.6 Å². The molecule has 4 nitrogen and oxygen atoms in total. The predicted octanol–water partition coefficient (Wildman–Crippen LogP) is 5.75. The van der Waals surface area contributed by atoms with Gasteiger partial charge in [-0.1, -0.05) is 52.4 Å². The van der Waals surface area contributed by atoms with E-state index in [2.05, 4.69) is 59.6 Å². The van der Waals surface area contributed by atoms with Crippen LogP contribution in [0.25, 0.3) is 0 Å². The number of hydrogen-bond acceptors (Lipinski definition) is 4. The van der Waals surface area contributed by atoms with E-state index in [9.17, 15) is 5.11 Å². The minimum absolute atomic E-state index is 0.0131. The molecule has 0 aromatic heterocycles. The van der Waals surface area contributed by atoms with Crippen molar-refractivity contribution in [1.29, 1.82) is 0 Å². The number of ether oxygens (including phenoxy) is 2. The van der Waals surface area contributed by atoms with Crippen LogP contribution in [-0.2, 0) is 13.9 Å². The van der Waals surface area contributed by atoms with Crippen LogP contribution in [0, 0.1) is 41.4 Å². The molecule has 4 aliphatic rings. The molecule has 0 radical (unpaired) electrons. The number of rotatable bonds is 4. The van der Waals surface area contributed by atoms with Gasteiger partial charge < -0.3 is 19.0 Å². The quantitative estimate of drug-likeness (QED) is 0.427. The summed E-state index contributed by atoms with van der Waals surface area (Å²) >= 11 is 0. The first kappa shape index (κ1) is 24.7. The van der Waals surface area contributed by atoms with Crippen LogP contribution in [0.2, 0.25) is 18.1 Å². The molecule has 4 rings (SSSR count). The molecule has 1 heterocycles. The average Bonchev–Trinajstić information content (AvgIpc) is 3.40. The summed E-state index contributed by atoms with van der Waals surface area (Å²) in [5, 5.41) is 11.2. The maximum Gasteiger partial charge on any atom is 0.194 e. The Labute approximate surface area is 197 Å². The summed E-state index contributed by atoms with van der Waals surface area (Å²) in [6, 6.07) is 0. The lowest BCUT2D eigenvalue weighted by molar-refractivity contribution is -0.340. The highest BCUT2D eigenvalue weighted by atomic mass is 28.4. The molecule has 1 spiro atoms. The molecular formula is C27H46O4Si. The normalized spacial score (nSPS) is 36.8. The second-order valence-electron chi connectivity index (χ2n) is 12.5. The van der Waals surface area contributed by atoms with E-state index in [1.165, 1.54) is 25.7 Å². The number of aliphatic hydroxyl groups excluding tert-OH is 1. The molecule has 3 aliphatic carbocycles. The minimum Gasteiger partial charge on any atom is -0.401 e. The summed E-state index contributed by atoms with van der Waals surface area (Å²) in [7, 11) is -1.98. The van der Waals surface area contributed by atoms with Crippen LogP contribution < -0.4 is 0 Å². The number of fused-ring (bicyclic) bond motifs is 2. The van der Waals surface area contributed by atoms with Crippen molar-refractivity contribution in [3.8, 4) is 11.8 Å². The molecule has 1 saturated heterocycles. The van der Waals surface area contributed by atoms with Crippen molar-refractivity contribution < 1.29 is 19.0 Å². The van der Waals surface area contributed by atoms with Gasteiger partial charge in [0, 0.05) is 11.8 Å². The molecule has 1 aliphatic heterocycles. The molecule has 32 heavy (non-hydrogen) atoms. The molecule has 1 unspecified atom stereocenters. The molecular weight excluding hydrogens is 416 g/mol. The van der Waals surface area contributed by atoms with Crippen LogP contribution in [0.5, 0.6) is 0 Å². The molecule has 0 amide bonds. The third-order valence-electron chi connectivity index (χ3n) is 9.64. The van der Waals surface area contributed by atoms with Gasteiger partial charge in [-0.15, -0.1) is 0 Å². The standard InChI is InChI=1S/C27H46O4Si/c1-8-21-24-20(23(28)14-13-22(24)27(21)29-17-18-30-27)15-16-26(5,19-11-9-10-12-19)31-32(6,7)25(2,3)4/h19-24,28H,8-14,17-18H2,1-7H3/t20-,21?,22-,23+,24-,26+/m0/s1. The van der Waals surface area contributed by atoms with Gasteiger partial charge in [-0.25, -0.2) is 0 Å². The average molecular weight is 463 g/mol. The fourth-order valence-corrected chi connectivity index (χ4v) is 8.46. The smallest absolute Gasteiger partial charge is 0.194 e. The lowest BCUT2D eigenvalue weighted by atomic mass is 9.49. The molecule has 3 saturated carbocycles. The second-order valence-corrected chi connectivity index (χ2v) is 17.2. The van der Waals surface area contributed by atoms with Gasteiger partial charge >= 0.3 is 0 Å². The van der Waals surface area contributed by atoms with Gasteiger partial charge in [0.15, 0.2) is 14.1 Å². The fraction of sp³-hybridized carbons (Fsp3) is 0.926. The van der Waals surface area contributed by atoms with E-state index < -0.39 is 19.7 Å². The van der Waals surface area contributed by atoms with Crippen molar-refractivity contribution >= 4 is 8.32 Å². The van der Waals surface area contributed by atoms with Crippen molar-refractivity contribution in [2.24, 2.45) is 29.6 Å². The first-order valence-electron chi connectivity index (χ1n) is 13.1. The topological polar surface area (TPSA) is 47.9 Å². The largest absolute Gasteiger partial charge is 0.401 e. The van der Waals surface area contributed by atoms with Gasteiger partial charge in [0.1, 0.15) is 5.60 Å². The Balaban J connectivity index is 1.63. The summed E-state index contributed by atoms with van der Waals surface area (Å²) in [5.74, 6) is 8.44. The second kappa shape index (κ2) is 8.68. The fourth-order valence-electron chi connectivity index (χ4n) is 6.87. The Bertz CT molecular complexity index is 727. The lowest BCUT2D eigenvalue weighted by Gasteiger charge is -2.62. The third kappa shape index (κ3) is 4.03. The summed E-state index contributed by atoms with van der Waals surface area (Å²) in [5.41, 5.74) is -0.435. The molecule has 0 aromatic rings. The van der Waals surface area contributed by atoms with E-state index in [0.29, 0.717) is 36.9 Å². The molecule has 6 atom stereocenters. The van der Waals surface area contributed by atoms with Gasteiger partial charge in [0.25, 0.3) is 0 Å². The summed E-state index contributed by atoms with van der Waals surface area (Å²) in [4.78, 5) is 0. The molecule has 182 valence electrons. The van der Waals surface area contributed by atoms with Crippen molar-refractivity contribution in [3.63, 3.8) is 0 Å². The van der Waals surface area contributed by atoms with Crippen LogP contribution in [0.4, 0.5) is 0 Å². The molecule has 1 N–H and O–H groups in total. The van der Waals surface area contributed by atoms with Crippen molar-refractivity contribution in [3.05, 3.63) is 0 Å². The van der Waals surface area contributed by atoms with Crippen LogP contribution in [-0.4, -0.2) is 44.1 Å². The van der Waals surface area contributed by atoms with Crippen molar-refractivity contribution in [1.82, 2.24) is 0 Å². The zero-order valence-electron chi connectivity index (χ0n) is 21.5. The van der Waals surface area contributed by atoms with E-state index in [1.54, 1.807) is 0 Å². The third-order valence-corrected chi connectivity index (χ3v) is 14.2. The van der Waals surface area contributed by atoms with E-state index in [4.69, 9.17) is 13.9 Å². The minimum atomic E-state index is -1.98. The lowest BCUT2D eigenvalue weighted by Crippen LogP contribution is -2.67. The van der Waals surface area contributed by atoms with E-state index in [0.717, 1.165) is 19.3 Å². The van der Waals surface area contributed by atoms with Gasteiger partial charge in [0.05, 0.1) is 25.2 Å². The van der Waals surface area contributed by atoms with Crippen molar-refractivity contribution in [2.75, 3.05) is 13.2 Å². The number of hydrogen-bond donors (Lipinski definition) is 1. The Morgan fingerprint density at radius 2 is 1.66 bits per heavy atom. The monoisotopic (exact) mass is 462 g/mol. The number of aliphatic hydroxyl groups is 1. The maximum atomic E-state index is 11.0. The first-order chi connectivity index (χ1) is 15.0. The highest BCUT2D eigenvalue weighted by Gasteiger charge is 2.68. The van der Waals surface area contributed by atoms with Crippen LogP contribution in [0.3, 0.4) is 0 Å².